The van der Waals surface area contributed by atoms with Crippen molar-refractivity contribution in [3.05, 3.63) is 0 Å². The second-order valence-corrected chi connectivity index (χ2v) is 6.19. The summed E-state index contributed by atoms with van der Waals surface area (Å²) in [6.45, 7) is 5.37. The Bertz CT molecular complexity index is 302. The highest BCUT2D eigenvalue weighted by Gasteiger charge is 2.29. The normalized spacial score (nSPS) is 15.1. The van der Waals surface area contributed by atoms with Crippen molar-refractivity contribution in [3.8, 4) is 0 Å². The highest BCUT2D eigenvalue weighted by Crippen LogP contribution is 2.22. The smallest absolute Gasteiger partial charge is 0.304 e. The van der Waals surface area contributed by atoms with Crippen molar-refractivity contribution < 1.29 is 18.3 Å². The van der Waals surface area contributed by atoms with Gasteiger partial charge in [0.05, 0.1) is 12.7 Å². The van der Waals surface area contributed by atoms with Gasteiger partial charge in [-0.3, -0.25) is 4.79 Å². The van der Waals surface area contributed by atoms with Crippen molar-refractivity contribution >= 4 is 16.0 Å². The summed E-state index contributed by atoms with van der Waals surface area (Å²) in [6.07, 6.45) is 0.810. The van der Waals surface area contributed by atoms with Crippen LogP contribution in [0.3, 0.4) is 0 Å². The summed E-state index contributed by atoms with van der Waals surface area (Å²) in [5.41, 5.74) is -0.415. The molecule has 0 rings (SSSR count). The van der Waals surface area contributed by atoms with Gasteiger partial charge in [-0.1, -0.05) is 20.8 Å². The second kappa shape index (κ2) is 4.27. The first-order valence-corrected chi connectivity index (χ1v) is 6.10. The van der Waals surface area contributed by atoms with Gasteiger partial charge >= 0.3 is 5.97 Å². The van der Waals surface area contributed by atoms with Crippen molar-refractivity contribution in [2.45, 2.75) is 33.2 Å². The molecule has 0 saturated heterocycles. The van der Waals surface area contributed by atoms with E-state index < -0.39 is 27.4 Å². The molecule has 0 saturated carbocycles. The molecule has 1 unspecified atom stereocenters. The molecule has 0 aliphatic heterocycles. The van der Waals surface area contributed by atoms with E-state index in [0.717, 1.165) is 6.26 Å². The number of sulfonamides is 1. The summed E-state index contributed by atoms with van der Waals surface area (Å²) in [6, 6.07) is -0.588. The van der Waals surface area contributed by atoms with Crippen LogP contribution in [0.2, 0.25) is 0 Å². The summed E-state index contributed by atoms with van der Waals surface area (Å²) >= 11 is 0. The van der Waals surface area contributed by atoms with Crippen LogP contribution in [0.15, 0.2) is 0 Å². The molecule has 0 spiro atoms. The number of aliphatic carboxylic acids is 1. The maximum Gasteiger partial charge on any atom is 0.304 e. The van der Waals surface area contributed by atoms with Gasteiger partial charge in [-0.15, -0.1) is 0 Å². The minimum atomic E-state index is -3.37. The number of nitrogens with one attached hydrogen (secondary N) is 1. The van der Waals surface area contributed by atoms with E-state index in [9.17, 15) is 13.2 Å². The fourth-order valence-corrected chi connectivity index (χ4v) is 1.91. The molecule has 0 aliphatic carbocycles. The minimum absolute atomic E-state index is 0.212. The average molecular weight is 223 g/mol. The Balaban J connectivity index is 4.67. The molecule has 0 aliphatic rings. The molecule has 14 heavy (non-hydrogen) atoms. The van der Waals surface area contributed by atoms with Crippen LogP contribution in [0.5, 0.6) is 0 Å². The van der Waals surface area contributed by atoms with Crippen LogP contribution in [0.1, 0.15) is 27.2 Å². The molecule has 6 heteroatoms. The fourth-order valence-electron chi connectivity index (χ4n) is 0.958. The van der Waals surface area contributed by atoms with Crippen molar-refractivity contribution in [1.29, 1.82) is 0 Å². The van der Waals surface area contributed by atoms with Crippen LogP contribution in [-0.4, -0.2) is 31.8 Å². The van der Waals surface area contributed by atoms with Gasteiger partial charge in [0.1, 0.15) is 0 Å². The fraction of sp³-hybridized carbons (Fsp3) is 0.875. The van der Waals surface area contributed by atoms with E-state index >= 15 is 0 Å². The van der Waals surface area contributed by atoms with Gasteiger partial charge < -0.3 is 5.11 Å². The van der Waals surface area contributed by atoms with E-state index in [4.69, 9.17) is 5.11 Å². The van der Waals surface area contributed by atoms with Crippen molar-refractivity contribution in [2.75, 3.05) is 6.26 Å². The van der Waals surface area contributed by atoms with Gasteiger partial charge in [0.25, 0.3) is 0 Å². The monoisotopic (exact) mass is 223 g/mol. The molecule has 5 nitrogen and oxygen atoms in total. The first-order valence-electron chi connectivity index (χ1n) is 4.21. The van der Waals surface area contributed by atoms with E-state index in [1.165, 1.54) is 0 Å². The molecule has 1 atom stereocenters. The lowest BCUT2D eigenvalue weighted by molar-refractivity contribution is -0.138. The lowest BCUT2D eigenvalue weighted by atomic mass is 9.85. The average Bonchev–Trinajstić information content (AvgIpc) is 1.78. The van der Waals surface area contributed by atoms with Crippen LogP contribution < -0.4 is 4.72 Å². The standard InChI is InChI=1S/C8H17NO4S/c1-8(2,3)6(5-7(10)11)9-14(4,12)13/h6,9H,5H2,1-4H3,(H,10,11). The second-order valence-electron chi connectivity index (χ2n) is 4.41. The lowest BCUT2D eigenvalue weighted by Gasteiger charge is -2.29. The Hall–Kier alpha value is -0.620. The van der Waals surface area contributed by atoms with Crippen molar-refractivity contribution in [1.82, 2.24) is 4.72 Å². The van der Waals surface area contributed by atoms with Crippen molar-refractivity contribution in [3.63, 3.8) is 0 Å². The SMILES string of the molecule is CC(C)(C)C(CC(=O)O)NS(C)(=O)=O. The van der Waals surface area contributed by atoms with Gasteiger partial charge in [-0.25, -0.2) is 13.1 Å². The molecule has 0 radical (unpaired) electrons. The van der Waals surface area contributed by atoms with Gasteiger partial charge in [-0.05, 0) is 5.41 Å². The number of hydrogen-bond donors (Lipinski definition) is 2. The zero-order chi connectivity index (χ0) is 11.6. The summed E-state index contributed by atoms with van der Waals surface area (Å²) in [5.74, 6) is -1.01. The van der Waals surface area contributed by atoms with Gasteiger partial charge in [-0.2, -0.15) is 0 Å². The third kappa shape index (κ3) is 5.93. The van der Waals surface area contributed by atoms with E-state index in [1.54, 1.807) is 20.8 Å². The van der Waals surface area contributed by atoms with Gasteiger partial charge in [0.2, 0.25) is 10.0 Å². The molecule has 2 N–H and O–H groups in total. The lowest BCUT2D eigenvalue weighted by Crippen LogP contribution is -2.44. The van der Waals surface area contributed by atoms with Crippen LogP contribution in [0.4, 0.5) is 0 Å². The molecule has 0 amide bonds. The molecule has 0 aromatic heterocycles. The third-order valence-corrected chi connectivity index (χ3v) is 2.49. The minimum Gasteiger partial charge on any atom is -0.481 e. The van der Waals surface area contributed by atoms with Gasteiger partial charge in [0, 0.05) is 6.04 Å². The first-order chi connectivity index (χ1) is 6.02. The molecule has 0 aromatic carbocycles. The van der Waals surface area contributed by atoms with Crippen LogP contribution in [0.25, 0.3) is 0 Å². The van der Waals surface area contributed by atoms with E-state index in [-0.39, 0.29) is 6.42 Å². The molecule has 0 heterocycles. The molecule has 0 aromatic rings. The predicted molar refractivity (Wildman–Crippen MR) is 53.5 cm³/mol. The van der Waals surface area contributed by atoms with Crippen LogP contribution in [-0.2, 0) is 14.8 Å². The maximum absolute atomic E-state index is 11.0. The van der Waals surface area contributed by atoms with E-state index in [2.05, 4.69) is 4.72 Å². The summed E-state index contributed by atoms with van der Waals surface area (Å²) in [7, 11) is -3.37. The van der Waals surface area contributed by atoms with Crippen LogP contribution in [0, 0.1) is 5.41 Å². The summed E-state index contributed by atoms with van der Waals surface area (Å²) in [5, 5.41) is 8.61. The predicted octanol–water partition coefficient (Wildman–Crippen LogP) is 0.425. The van der Waals surface area contributed by atoms with E-state index in [1.807, 2.05) is 0 Å². The largest absolute Gasteiger partial charge is 0.481 e. The van der Waals surface area contributed by atoms with Gasteiger partial charge in [0.15, 0.2) is 0 Å². The molecule has 0 bridgehead atoms. The summed E-state index contributed by atoms with van der Waals surface area (Å²) in [4.78, 5) is 10.5. The zero-order valence-corrected chi connectivity index (χ0v) is 9.68. The Kier molecular flexibility index (Phi) is 4.08. The number of carboxylic acid groups (broad SMARTS) is 1. The summed E-state index contributed by atoms with van der Waals surface area (Å²) < 4.78 is 24.3. The highest BCUT2D eigenvalue weighted by molar-refractivity contribution is 7.88. The quantitative estimate of drug-likeness (QED) is 0.723. The Morgan fingerprint density at radius 1 is 1.43 bits per heavy atom. The third-order valence-electron chi connectivity index (χ3n) is 1.78. The number of hydrogen-bond acceptors (Lipinski definition) is 3. The highest BCUT2D eigenvalue weighted by atomic mass is 32.2. The Labute approximate surface area is 84.6 Å². The first kappa shape index (κ1) is 13.4. The Morgan fingerprint density at radius 3 is 2.07 bits per heavy atom. The maximum atomic E-state index is 11.0. The molecular formula is C8H17NO4S. The molecule has 84 valence electrons. The van der Waals surface area contributed by atoms with Crippen LogP contribution >= 0.6 is 0 Å². The van der Waals surface area contributed by atoms with E-state index in [0.29, 0.717) is 0 Å². The topological polar surface area (TPSA) is 83.5 Å². The molecule has 0 fully saturated rings. The number of carbonyl (C=O) groups is 1. The Morgan fingerprint density at radius 2 is 1.86 bits per heavy atom. The van der Waals surface area contributed by atoms with Crippen molar-refractivity contribution in [2.24, 2.45) is 5.41 Å². The number of rotatable bonds is 4. The zero-order valence-electron chi connectivity index (χ0n) is 8.86. The number of carboxylic acids is 1. The molecular weight excluding hydrogens is 206 g/mol.